The average molecular weight is 514 g/mol. The smallest absolute Gasteiger partial charge is 0.252 e. The third-order valence-electron chi connectivity index (χ3n) is 7.56. The number of hydrogen-bond donors (Lipinski definition) is 2. The molecule has 0 bridgehead atoms. The second kappa shape index (κ2) is 9.53. The molecule has 3 aromatic heterocycles. The van der Waals surface area contributed by atoms with Crippen molar-refractivity contribution in [3.63, 3.8) is 0 Å². The Kier molecular flexibility index (Phi) is 5.71. The van der Waals surface area contributed by atoms with Gasteiger partial charge in [-0.2, -0.15) is 0 Å². The fourth-order valence-corrected chi connectivity index (χ4v) is 5.67. The largest absolute Gasteiger partial charge is 0.381 e. The second-order valence-corrected chi connectivity index (χ2v) is 9.95. The topological polar surface area (TPSA) is 95.1 Å². The maximum Gasteiger partial charge on any atom is 0.252 e. The van der Waals surface area contributed by atoms with Gasteiger partial charge in [0.2, 0.25) is 0 Å². The number of nitrogens with zero attached hydrogens (tertiary/aromatic N) is 3. The maximum absolute atomic E-state index is 12.3. The van der Waals surface area contributed by atoms with E-state index in [0.29, 0.717) is 24.5 Å². The molecule has 6 aromatic rings. The van der Waals surface area contributed by atoms with Gasteiger partial charge in [-0.25, -0.2) is 4.98 Å². The van der Waals surface area contributed by atoms with Gasteiger partial charge in [-0.05, 0) is 42.7 Å². The van der Waals surface area contributed by atoms with Gasteiger partial charge in [0.25, 0.3) is 5.91 Å². The third-order valence-corrected chi connectivity index (χ3v) is 7.56. The highest BCUT2D eigenvalue weighted by Gasteiger charge is 2.21. The Hall–Kier alpha value is -4.75. The highest BCUT2D eigenvalue weighted by molar-refractivity contribution is 6.16. The lowest BCUT2D eigenvalue weighted by Gasteiger charge is -2.25. The monoisotopic (exact) mass is 513 g/mol. The highest BCUT2D eigenvalue weighted by atomic mass is 16.5. The number of carbonyl (C=O) groups is 1. The molecule has 3 N–H and O–H groups in total. The van der Waals surface area contributed by atoms with Crippen LogP contribution in [-0.4, -0.2) is 39.7 Å². The molecule has 39 heavy (non-hydrogen) atoms. The minimum atomic E-state index is -0.503. The summed E-state index contributed by atoms with van der Waals surface area (Å²) in [6, 6.07) is 27.2. The molecular weight excluding hydrogens is 486 g/mol. The van der Waals surface area contributed by atoms with E-state index in [1.54, 1.807) is 6.20 Å². The number of rotatable bonds is 5. The number of ether oxygens (including phenoxy) is 1. The predicted molar refractivity (Wildman–Crippen MR) is 155 cm³/mol. The molecule has 0 radical (unpaired) electrons. The Morgan fingerprint density at radius 2 is 1.69 bits per heavy atom. The minimum Gasteiger partial charge on any atom is -0.381 e. The molecule has 3 aromatic carbocycles. The summed E-state index contributed by atoms with van der Waals surface area (Å²) in [6.07, 6.45) is 5.26. The summed E-state index contributed by atoms with van der Waals surface area (Å²) in [7, 11) is 0. The standard InChI is InChI=1S/C32H27N5O2/c33-32(38)25-19-35-30(17-27(25)36-22-12-14-39-15-13-22)37-28-10-4-2-7-24(28)31-23(8-5-11-29(31)37)21-16-20-6-1-3-9-26(20)34-18-21/h1-11,16-19,22H,12-15H2,(H2,33,38)(H,35,36). The summed E-state index contributed by atoms with van der Waals surface area (Å²) in [4.78, 5) is 21.7. The number of nitrogens with one attached hydrogen (secondary N) is 1. The fourth-order valence-electron chi connectivity index (χ4n) is 5.67. The van der Waals surface area contributed by atoms with Crippen molar-refractivity contribution in [3.8, 4) is 16.9 Å². The number of nitrogens with two attached hydrogens (primary N) is 1. The van der Waals surface area contributed by atoms with Gasteiger partial charge in [0.1, 0.15) is 5.82 Å². The molecule has 0 atom stereocenters. The van der Waals surface area contributed by atoms with Crippen molar-refractivity contribution >= 4 is 44.3 Å². The number of primary amides is 1. The van der Waals surface area contributed by atoms with E-state index in [1.807, 2.05) is 36.5 Å². The minimum absolute atomic E-state index is 0.206. The Labute approximate surface area is 225 Å². The number of carbonyl (C=O) groups excluding carboxylic acids is 1. The van der Waals surface area contributed by atoms with E-state index in [9.17, 15) is 4.79 Å². The van der Waals surface area contributed by atoms with Crippen molar-refractivity contribution in [2.45, 2.75) is 18.9 Å². The maximum atomic E-state index is 12.3. The molecule has 7 rings (SSSR count). The quantitative estimate of drug-likeness (QED) is 0.291. The molecule has 7 heteroatoms. The van der Waals surface area contributed by atoms with E-state index in [-0.39, 0.29) is 6.04 Å². The van der Waals surface area contributed by atoms with Crippen molar-refractivity contribution in [1.29, 1.82) is 0 Å². The number of amides is 1. The van der Waals surface area contributed by atoms with E-state index >= 15 is 0 Å². The normalized spacial score (nSPS) is 14.3. The molecule has 1 fully saturated rings. The Morgan fingerprint density at radius 1 is 0.897 bits per heavy atom. The number of anilines is 1. The Bertz CT molecular complexity index is 1870. The van der Waals surface area contributed by atoms with Gasteiger partial charge in [0.05, 0.1) is 27.8 Å². The SMILES string of the molecule is NC(=O)c1cnc(-n2c3ccccc3c3c(-c4cnc5ccccc5c4)cccc32)cc1NC1CCOCC1. The van der Waals surface area contributed by atoms with Gasteiger partial charge in [0.15, 0.2) is 0 Å². The van der Waals surface area contributed by atoms with Crippen LogP contribution in [0.3, 0.4) is 0 Å². The summed E-state index contributed by atoms with van der Waals surface area (Å²) in [5, 5.41) is 6.89. The van der Waals surface area contributed by atoms with Crippen LogP contribution >= 0.6 is 0 Å². The van der Waals surface area contributed by atoms with E-state index < -0.39 is 5.91 Å². The molecule has 0 aliphatic carbocycles. The van der Waals surface area contributed by atoms with Crippen LogP contribution in [-0.2, 0) is 4.74 Å². The molecule has 0 saturated carbocycles. The first-order chi connectivity index (χ1) is 19.2. The predicted octanol–water partition coefficient (Wildman–Crippen LogP) is 6.08. The van der Waals surface area contributed by atoms with Gasteiger partial charge < -0.3 is 15.8 Å². The summed E-state index contributed by atoms with van der Waals surface area (Å²) in [5.41, 5.74) is 12.0. The number of hydrogen-bond acceptors (Lipinski definition) is 5. The molecule has 0 spiro atoms. The number of benzene rings is 3. The van der Waals surface area contributed by atoms with Crippen molar-refractivity contribution in [1.82, 2.24) is 14.5 Å². The van der Waals surface area contributed by atoms with E-state index in [2.05, 4.69) is 58.4 Å². The summed E-state index contributed by atoms with van der Waals surface area (Å²) < 4.78 is 7.67. The van der Waals surface area contributed by atoms with Gasteiger partial charge in [-0.3, -0.25) is 14.3 Å². The van der Waals surface area contributed by atoms with Crippen LogP contribution in [0.5, 0.6) is 0 Å². The lowest BCUT2D eigenvalue weighted by molar-refractivity contribution is 0.0904. The van der Waals surface area contributed by atoms with Crippen LogP contribution in [0.25, 0.3) is 49.7 Å². The molecule has 7 nitrogen and oxygen atoms in total. The molecule has 4 heterocycles. The first kappa shape index (κ1) is 23.4. The highest BCUT2D eigenvalue weighted by Crippen LogP contribution is 2.39. The van der Waals surface area contributed by atoms with Gasteiger partial charge in [-0.1, -0.05) is 48.5 Å². The summed E-state index contributed by atoms with van der Waals surface area (Å²) in [6.45, 7) is 1.39. The lowest BCUT2D eigenvalue weighted by atomic mass is 9.99. The molecule has 0 unspecified atom stereocenters. The van der Waals surface area contributed by atoms with Crippen LogP contribution in [0.15, 0.2) is 91.3 Å². The number of fused-ring (bicyclic) bond motifs is 4. The van der Waals surface area contributed by atoms with Gasteiger partial charge in [0, 0.05) is 59.4 Å². The zero-order valence-corrected chi connectivity index (χ0v) is 21.3. The molecular formula is C32H27N5O2. The van der Waals surface area contributed by atoms with Crippen LogP contribution in [0.1, 0.15) is 23.2 Å². The molecule has 1 aliphatic rings. The molecule has 1 aliphatic heterocycles. The first-order valence-corrected chi connectivity index (χ1v) is 13.2. The van der Waals surface area contributed by atoms with E-state index in [1.165, 1.54) is 0 Å². The van der Waals surface area contributed by atoms with Crippen LogP contribution in [0, 0.1) is 0 Å². The summed E-state index contributed by atoms with van der Waals surface area (Å²) >= 11 is 0. The lowest BCUT2D eigenvalue weighted by Crippen LogP contribution is -2.29. The number of aromatic nitrogens is 3. The molecule has 1 amide bonds. The van der Waals surface area contributed by atoms with Gasteiger partial charge >= 0.3 is 0 Å². The third kappa shape index (κ3) is 4.08. The number of pyridine rings is 2. The molecule has 1 saturated heterocycles. The Balaban J connectivity index is 1.44. The van der Waals surface area contributed by atoms with Crippen LogP contribution in [0.2, 0.25) is 0 Å². The van der Waals surface area contributed by atoms with Crippen molar-refractivity contribution in [3.05, 3.63) is 96.8 Å². The van der Waals surface area contributed by atoms with Crippen molar-refractivity contribution in [2.24, 2.45) is 5.73 Å². The van der Waals surface area contributed by atoms with Crippen LogP contribution in [0.4, 0.5) is 5.69 Å². The summed E-state index contributed by atoms with van der Waals surface area (Å²) in [5.74, 6) is 0.214. The second-order valence-electron chi connectivity index (χ2n) is 9.95. The van der Waals surface area contributed by atoms with E-state index in [0.717, 1.165) is 62.5 Å². The van der Waals surface area contributed by atoms with Gasteiger partial charge in [-0.15, -0.1) is 0 Å². The first-order valence-electron chi connectivity index (χ1n) is 13.2. The fraction of sp³-hybridized carbons (Fsp3) is 0.156. The van der Waals surface area contributed by atoms with Crippen LogP contribution < -0.4 is 11.1 Å². The molecule has 192 valence electrons. The zero-order chi connectivity index (χ0) is 26.3. The Morgan fingerprint density at radius 3 is 2.56 bits per heavy atom. The zero-order valence-electron chi connectivity index (χ0n) is 21.3. The average Bonchev–Trinajstić information content (AvgIpc) is 3.32. The number of para-hydroxylation sites is 2. The van der Waals surface area contributed by atoms with Crippen molar-refractivity contribution in [2.75, 3.05) is 18.5 Å². The van der Waals surface area contributed by atoms with E-state index in [4.69, 9.17) is 20.4 Å². The van der Waals surface area contributed by atoms with Crippen molar-refractivity contribution < 1.29 is 9.53 Å².